The lowest BCUT2D eigenvalue weighted by Gasteiger charge is -2.46. The molecule has 1 aromatic carbocycles. The highest BCUT2D eigenvalue weighted by Crippen LogP contribution is 2.29. The Balaban J connectivity index is 2.08. The minimum absolute atomic E-state index is 0.0337. The predicted molar refractivity (Wildman–Crippen MR) is 93.5 cm³/mol. The third-order valence-electron chi connectivity index (χ3n) is 3.96. The highest BCUT2D eigenvalue weighted by atomic mass is 19.1. The van der Waals surface area contributed by atoms with Gasteiger partial charge in [-0.05, 0) is 39.8 Å². The maximum atomic E-state index is 13.7. The van der Waals surface area contributed by atoms with Crippen molar-refractivity contribution < 1.29 is 28.2 Å². The molecule has 0 spiro atoms. The standard InChI is InChI=1S/C19H23FN2O5/c1-5-25-17(23)14-10-22(18(24)27-19(2,3)4)16(14)11-26-13-7-6-12(9-21)15(20)8-13/h6-8,14,16H,5,10-11H2,1-4H3. The number of hydrogen-bond donors (Lipinski definition) is 0. The number of esters is 1. The number of benzene rings is 1. The fourth-order valence-corrected chi connectivity index (χ4v) is 2.62. The molecule has 2 rings (SSSR count). The number of carbonyl (C=O) groups is 2. The predicted octanol–water partition coefficient (Wildman–Crippen LogP) is 2.87. The van der Waals surface area contributed by atoms with E-state index >= 15 is 0 Å². The van der Waals surface area contributed by atoms with Crippen molar-refractivity contribution in [2.24, 2.45) is 5.92 Å². The molecule has 27 heavy (non-hydrogen) atoms. The number of likely N-dealkylation sites (tertiary alicyclic amines) is 1. The Kier molecular flexibility index (Phi) is 6.26. The average molecular weight is 378 g/mol. The molecular weight excluding hydrogens is 355 g/mol. The van der Waals surface area contributed by atoms with Crippen LogP contribution in [-0.2, 0) is 14.3 Å². The van der Waals surface area contributed by atoms with Crippen molar-refractivity contribution >= 4 is 12.1 Å². The van der Waals surface area contributed by atoms with Crippen LogP contribution in [0.3, 0.4) is 0 Å². The minimum Gasteiger partial charge on any atom is -0.491 e. The first-order valence-electron chi connectivity index (χ1n) is 8.65. The fourth-order valence-electron chi connectivity index (χ4n) is 2.62. The lowest BCUT2D eigenvalue weighted by molar-refractivity contribution is -0.159. The first-order valence-corrected chi connectivity index (χ1v) is 8.65. The monoisotopic (exact) mass is 378 g/mol. The van der Waals surface area contributed by atoms with Crippen molar-refractivity contribution in [3.8, 4) is 11.8 Å². The quantitative estimate of drug-likeness (QED) is 0.732. The zero-order valence-electron chi connectivity index (χ0n) is 15.8. The van der Waals surface area contributed by atoms with Crippen LogP contribution < -0.4 is 4.74 Å². The Labute approximate surface area is 157 Å². The maximum absolute atomic E-state index is 13.7. The minimum atomic E-state index is -0.699. The van der Waals surface area contributed by atoms with E-state index in [0.29, 0.717) is 0 Å². The van der Waals surface area contributed by atoms with E-state index in [-0.39, 0.29) is 31.1 Å². The van der Waals surface area contributed by atoms with Crippen LogP contribution in [0.25, 0.3) is 0 Å². The molecule has 2 unspecified atom stereocenters. The smallest absolute Gasteiger partial charge is 0.410 e. The summed E-state index contributed by atoms with van der Waals surface area (Å²) in [5.41, 5.74) is -0.765. The molecule has 1 aliphatic heterocycles. The summed E-state index contributed by atoms with van der Waals surface area (Å²) in [7, 11) is 0. The molecule has 146 valence electrons. The van der Waals surface area contributed by atoms with Crippen LogP contribution >= 0.6 is 0 Å². The Morgan fingerprint density at radius 3 is 2.63 bits per heavy atom. The molecule has 1 saturated heterocycles. The van der Waals surface area contributed by atoms with Gasteiger partial charge in [-0.15, -0.1) is 0 Å². The Morgan fingerprint density at radius 2 is 2.07 bits per heavy atom. The van der Waals surface area contributed by atoms with Crippen LogP contribution in [-0.4, -0.2) is 48.4 Å². The zero-order valence-corrected chi connectivity index (χ0v) is 15.8. The number of carbonyl (C=O) groups excluding carboxylic acids is 2. The van der Waals surface area contributed by atoms with Gasteiger partial charge in [-0.1, -0.05) is 0 Å². The van der Waals surface area contributed by atoms with Gasteiger partial charge in [-0.3, -0.25) is 9.69 Å². The van der Waals surface area contributed by atoms with Crippen molar-refractivity contribution in [1.82, 2.24) is 4.90 Å². The summed E-state index contributed by atoms with van der Waals surface area (Å²) in [6.07, 6.45) is -0.553. The molecule has 0 aliphatic carbocycles. The Bertz CT molecular complexity index is 753. The number of ether oxygens (including phenoxy) is 3. The van der Waals surface area contributed by atoms with Gasteiger partial charge in [0.2, 0.25) is 0 Å². The maximum Gasteiger partial charge on any atom is 0.410 e. The normalized spacial score (nSPS) is 18.9. The van der Waals surface area contributed by atoms with Gasteiger partial charge in [0.1, 0.15) is 29.8 Å². The molecule has 2 atom stereocenters. The van der Waals surface area contributed by atoms with E-state index in [4.69, 9.17) is 19.5 Å². The van der Waals surface area contributed by atoms with E-state index in [1.54, 1.807) is 33.8 Å². The number of rotatable bonds is 5. The summed E-state index contributed by atoms with van der Waals surface area (Å²) >= 11 is 0. The lowest BCUT2D eigenvalue weighted by atomic mass is 9.89. The highest BCUT2D eigenvalue weighted by Gasteiger charge is 2.48. The van der Waals surface area contributed by atoms with Crippen LogP contribution in [0.15, 0.2) is 18.2 Å². The van der Waals surface area contributed by atoms with Gasteiger partial charge in [-0.2, -0.15) is 5.26 Å². The van der Waals surface area contributed by atoms with E-state index in [2.05, 4.69) is 0 Å². The van der Waals surface area contributed by atoms with E-state index in [9.17, 15) is 14.0 Å². The third-order valence-corrected chi connectivity index (χ3v) is 3.96. The van der Waals surface area contributed by atoms with E-state index in [0.717, 1.165) is 6.07 Å². The lowest BCUT2D eigenvalue weighted by Crippen LogP contribution is -2.64. The van der Waals surface area contributed by atoms with Crippen LogP contribution in [0, 0.1) is 23.1 Å². The van der Waals surface area contributed by atoms with Crippen LogP contribution in [0.5, 0.6) is 5.75 Å². The van der Waals surface area contributed by atoms with Gasteiger partial charge in [0, 0.05) is 12.6 Å². The van der Waals surface area contributed by atoms with E-state index in [1.165, 1.54) is 17.0 Å². The number of halogens is 1. The van der Waals surface area contributed by atoms with Crippen molar-refractivity contribution in [3.63, 3.8) is 0 Å². The largest absolute Gasteiger partial charge is 0.491 e. The summed E-state index contributed by atoms with van der Waals surface area (Å²) in [5.74, 6) is -1.46. The second kappa shape index (κ2) is 8.25. The molecule has 0 aromatic heterocycles. The van der Waals surface area contributed by atoms with Gasteiger partial charge >= 0.3 is 12.1 Å². The first-order chi connectivity index (χ1) is 12.7. The molecule has 1 fully saturated rings. The SMILES string of the molecule is CCOC(=O)C1CN(C(=O)OC(C)(C)C)C1COc1ccc(C#N)c(F)c1. The second-order valence-corrected chi connectivity index (χ2v) is 7.12. The molecule has 1 aliphatic rings. The molecule has 8 heteroatoms. The van der Waals surface area contributed by atoms with E-state index < -0.39 is 35.4 Å². The van der Waals surface area contributed by atoms with Gasteiger partial charge in [0.05, 0.1) is 24.1 Å². The molecule has 1 heterocycles. The van der Waals surface area contributed by atoms with Gasteiger partial charge in [-0.25, -0.2) is 9.18 Å². The third kappa shape index (κ3) is 5.09. The van der Waals surface area contributed by atoms with E-state index in [1.807, 2.05) is 0 Å². The molecule has 0 N–H and O–H groups in total. The number of amides is 1. The van der Waals surface area contributed by atoms with Gasteiger partial charge in [0.25, 0.3) is 0 Å². The summed E-state index contributed by atoms with van der Waals surface area (Å²) < 4.78 is 29.6. The second-order valence-electron chi connectivity index (χ2n) is 7.12. The van der Waals surface area contributed by atoms with Crippen LogP contribution in [0.1, 0.15) is 33.3 Å². The summed E-state index contributed by atoms with van der Waals surface area (Å²) in [6.45, 7) is 7.32. The van der Waals surface area contributed by atoms with Crippen molar-refractivity contribution in [2.45, 2.75) is 39.3 Å². The molecule has 1 amide bonds. The summed E-state index contributed by atoms with van der Waals surface area (Å²) in [5, 5.41) is 8.77. The van der Waals surface area contributed by atoms with Crippen molar-refractivity contribution in [2.75, 3.05) is 19.8 Å². The van der Waals surface area contributed by atoms with Crippen LogP contribution in [0.2, 0.25) is 0 Å². The van der Waals surface area contributed by atoms with Gasteiger partial charge < -0.3 is 14.2 Å². The summed E-state index contributed by atoms with van der Waals surface area (Å²) in [4.78, 5) is 25.8. The van der Waals surface area contributed by atoms with Crippen molar-refractivity contribution in [3.05, 3.63) is 29.6 Å². The molecule has 0 bridgehead atoms. The zero-order chi connectivity index (χ0) is 20.2. The Morgan fingerprint density at radius 1 is 1.37 bits per heavy atom. The summed E-state index contributed by atoms with van der Waals surface area (Å²) in [6, 6.07) is 5.00. The molecule has 0 radical (unpaired) electrons. The number of nitriles is 1. The highest BCUT2D eigenvalue weighted by molar-refractivity contribution is 5.79. The average Bonchev–Trinajstić information content (AvgIpc) is 2.52. The topological polar surface area (TPSA) is 88.9 Å². The fraction of sp³-hybridized carbons (Fsp3) is 0.526. The molecule has 7 nitrogen and oxygen atoms in total. The van der Waals surface area contributed by atoms with Crippen molar-refractivity contribution in [1.29, 1.82) is 5.26 Å². The molecule has 0 saturated carbocycles. The van der Waals surface area contributed by atoms with Crippen LogP contribution in [0.4, 0.5) is 9.18 Å². The van der Waals surface area contributed by atoms with Gasteiger partial charge in [0.15, 0.2) is 0 Å². The molecular formula is C19H23FN2O5. The first kappa shape index (κ1) is 20.5. The Hall–Kier alpha value is -2.82. The number of hydrogen-bond acceptors (Lipinski definition) is 6. The number of nitrogens with zero attached hydrogens (tertiary/aromatic N) is 2. The molecule has 1 aromatic rings.